The molecule has 3 aromatic heterocycles. The third-order valence-electron chi connectivity index (χ3n) is 6.71. The lowest BCUT2D eigenvalue weighted by atomic mass is 10.0. The van der Waals surface area contributed by atoms with Crippen molar-refractivity contribution in [2.45, 2.75) is 17.8 Å². The molecule has 5 heterocycles. The van der Waals surface area contributed by atoms with Crippen molar-refractivity contribution in [1.29, 1.82) is 0 Å². The Morgan fingerprint density at radius 3 is 2.63 bits per heavy atom. The van der Waals surface area contributed by atoms with Crippen molar-refractivity contribution in [1.82, 2.24) is 19.9 Å². The lowest BCUT2D eigenvalue weighted by Crippen LogP contribution is -2.48. The van der Waals surface area contributed by atoms with Gasteiger partial charge < -0.3 is 19.9 Å². The number of anilines is 2. The van der Waals surface area contributed by atoms with Crippen LogP contribution in [-0.4, -0.2) is 54.9 Å². The average Bonchev–Trinajstić information content (AvgIpc) is 3.23. The number of nitrogens with zero attached hydrogens (tertiary/aromatic N) is 5. The van der Waals surface area contributed by atoms with Crippen LogP contribution < -0.4 is 10.6 Å². The van der Waals surface area contributed by atoms with E-state index in [0.29, 0.717) is 23.8 Å². The van der Waals surface area contributed by atoms with Crippen molar-refractivity contribution in [3.05, 3.63) is 59.5 Å². The van der Waals surface area contributed by atoms with Crippen molar-refractivity contribution in [2.75, 3.05) is 36.1 Å². The molecule has 2 N–H and O–H groups in total. The van der Waals surface area contributed by atoms with Gasteiger partial charge in [-0.3, -0.25) is 0 Å². The summed E-state index contributed by atoms with van der Waals surface area (Å²) in [6, 6.07) is 14.1. The third kappa shape index (κ3) is 4.14. The van der Waals surface area contributed by atoms with E-state index in [2.05, 4.69) is 30.8 Å². The van der Waals surface area contributed by atoms with Crippen molar-refractivity contribution in [2.24, 2.45) is 0 Å². The fourth-order valence-corrected chi connectivity index (χ4v) is 6.71. The number of rotatable bonds is 3. The van der Waals surface area contributed by atoms with Crippen LogP contribution in [0.3, 0.4) is 0 Å². The van der Waals surface area contributed by atoms with E-state index in [1.807, 2.05) is 48.7 Å². The number of pyridine rings is 2. The van der Waals surface area contributed by atoms with Gasteiger partial charge in [0.1, 0.15) is 23.7 Å². The van der Waals surface area contributed by atoms with Gasteiger partial charge in [-0.15, -0.1) is 0 Å². The SMILES string of the molecule is Nc1ncnc2nc(-c3ccc(N4CCC5(CC4)OCC[S+]5[O-])nc3)cc(-c3cccc(Br)c3)c12. The molecular formula is C25H23BrN6O2S. The van der Waals surface area contributed by atoms with Crippen LogP contribution in [0, 0.1) is 0 Å². The van der Waals surface area contributed by atoms with Crippen LogP contribution in [0.2, 0.25) is 0 Å². The second kappa shape index (κ2) is 9.02. The van der Waals surface area contributed by atoms with Crippen molar-refractivity contribution in [3.63, 3.8) is 0 Å². The molecule has 10 heteroatoms. The van der Waals surface area contributed by atoms with E-state index < -0.39 is 16.1 Å². The second-order valence-corrected chi connectivity index (χ2v) is 11.5. The van der Waals surface area contributed by atoms with E-state index in [0.717, 1.165) is 64.0 Å². The molecule has 2 fully saturated rings. The van der Waals surface area contributed by atoms with Crippen LogP contribution in [0.5, 0.6) is 0 Å². The molecule has 4 aromatic rings. The number of nitrogens with two attached hydrogens (primary N) is 1. The van der Waals surface area contributed by atoms with E-state index in [1.165, 1.54) is 6.33 Å². The van der Waals surface area contributed by atoms with Crippen molar-refractivity contribution in [3.8, 4) is 22.4 Å². The number of piperidine rings is 1. The smallest absolute Gasteiger partial charge is 0.229 e. The summed E-state index contributed by atoms with van der Waals surface area (Å²) < 4.78 is 19.2. The number of benzene rings is 1. The lowest BCUT2D eigenvalue weighted by molar-refractivity contribution is 0.0285. The third-order valence-corrected chi connectivity index (χ3v) is 9.10. The molecule has 0 radical (unpaired) electrons. The number of nitrogen functional groups attached to an aromatic ring is 1. The summed E-state index contributed by atoms with van der Waals surface area (Å²) in [4.78, 5) is 19.8. The Morgan fingerprint density at radius 1 is 1.06 bits per heavy atom. The standard InChI is InChI=1S/C25H23BrN6O2S/c26-18-3-1-2-16(12-18)19-13-20(31-24-22(19)23(27)29-15-30-24)17-4-5-21(28-14-17)32-8-6-25(7-9-32)34-10-11-35(25)33/h1-5,12-15H,6-11H2,(H2,27,29,30,31). The predicted molar refractivity (Wildman–Crippen MR) is 141 cm³/mol. The molecule has 0 saturated carbocycles. The molecular weight excluding hydrogens is 528 g/mol. The molecule has 2 aliphatic rings. The Balaban J connectivity index is 1.32. The number of ether oxygens (including phenoxy) is 1. The molecule has 1 spiro atoms. The number of hydrogen-bond donors (Lipinski definition) is 1. The first-order valence-corrected chi connectivity index (χ1v) is 13.5. The minimum absolute atomic E-state index is 0.396. The second-order valence-electron chi connectivity index (χ2n) is 8.72. The van der Waals surface area contributed by atoms with E-state index in [9.17, 15) is 4.55 Å². The molecule has 35 heavy (non-hydrogen) atoms. The quantitative estimate of drug-likeness (QED) is 0.378. The fraction of sp³-hybridized carbons (Fsp3) is 0.280. The topological polar surface area (TPSA) is 113 Å². The molecule has 178 valence electrons. The normalized spacial score (nSPS) is 19.5. The lowest BCUT2D eigenvalue weighted by Gasteiger charge is -2.38. The van der Waals surface area contributed by atoms with Crippen LogP contribution in [0.1, 0.15) is 12.8 Å². The highest BCUT2D eigenvalue weighted by atomic mass is 79.9. The van der Waals surface area contributed by atoms with Crippen LogP contribution in [0.15, 0.2) is 59.5 Å². The fourth-order valence-electron chi connectivity index (χ4n) is 4.85. The van der Waals surface area contributed by atoms with Gasteiger partial charge in [-0.2, -0.15) is 0 Å². The highest BCUT2D eigenvalue weighted by Gasteiger charge is 2.50. The zero-order valence-corrected chi connectivity index (χ0v) is 21.3. The summed E-state index contributed by atoms with van der Waals surface area (Å²) in [6.07, 6.45) is 4.79. The van der Waals surface area contributed by atoms with Gasteiger partial charge in [-0.05, 0) is 52.6 Å². The zero-order chi connectivity index (χ0) is 24.0. The molecule has 2 aliphatic heterocycles. The summed E-state index contributed by atoms with van der Waals surface area (Å²) in [7, 11) is 0. The van der Waals surface area contributed by atoms with Crippen molar-refractivity contribution < 1.29 is 9.29 Å². The van der Waals surface area contributed by atoms with Gasteiger partial charge in [0, 0.05) is 42.2 Å². The van der Waals surface area contributed by atoms with Gasteiger partial charge in [0.25, 0.3) is 0 Å². The van der Waals surface area contributed by atoms with E-state index in [4.69, 9.17) is 20.4 Å². The largest absolute Gasteiger partial charge is 0.614 e. The highest BCUT2D eigenvalue weighted by molar-refractivity contribution is 9.10. The maximum atomic E-state index is 12.4. The van der Waals surface area contributed by atoms with Gasteiger partial charge in [-0.25, -0.2) is 19.9 Å². The monoisotopic (exact) mass is 550 g/mol. The summed E-state index contributed by atoms with van der Waals surface area (Å²) in [5, 5.41) is 0.729. The van der Waals surface area contributed by atoms with Crippen LogP contribution >= 0.6 is 15.9 Å². The average molecular weight is 551 g/mol. The summed E-state index contributed by atoms with van der Waals surface area (Å²) >= 11 is 2.66. The number of hydrogen-bond acceptors (Lipinski definition) is 8. The summed E-state index contributed by atoms with van der Waals surface area (Å²) in [6.45, 7) is 2.14. The molecule has 1 aromatic carbocycles. The van der Waals surface area contributed by atoms with E-state index in [-0.39, 0.29) is 0 Å². The Kier molecular flexibility index (Phi) is 5.84. The zero-order valence-electron chi connectivity index (χ0n) is 18.9. The maximum Gasteiger partial charge on any atom is 0.229 e. The first kappa shape index (κ1) is 22.7. The molecule has 1 unspecified atom stereocenters. The van der Waals surface area contributed by atoms with E-state index in [1.54, 1.807) is 0 Å². The maximum absolute atomic E-state index is 12.4. The van der Waals surface area contributed by atoms with Gasteiger partial charge in [0.15, 0.2) is 5.65 Å². The number of halogens is 1. The summed E-state index contributed by atoms with van der Waals surface area (Å²) in [5.41, 5.74) is 10.3. The van der Waals surface area contributed by atoms with Crippen LogP contribution in [-0.2, 0) is 15.9 Å². The molecule has 0 bridgehead atoms. The Morgan fingerprint density at radius 2 is 1.91 bits per heavy atom. The minimum Gasteiger partial charge on any atom is -0.614 e. The van der Waals surface area contributed by atoms with Gasteiger partial charge >= 0.3 is 0 Å². The van der Waals surface area contributed by atoms with Gasteiger partial charge in [-0.1, -0.05) is 28.1 Å². The Bertz CT molecular complexity index is 1390. The highest BCUT2D eigenvalue weighted by Crippen LogP contribution is 2.38. The summed E-state index contributed by atoms with van der Waals surface area (Å²) in [5.74, 6) is 1.93. The van der Waals surface area contributed by atoms with Gasteiger partial charge in [0.2, 0.25) is 4.93 Å². The molecule has 1 atom stereocenters. The molecule has 6 rings (SSSR count). The first-order chi connectivity index (χ1) is 17.0. The molecule has 8 nitrogen and oxygen atoms in total. The Labute approximate surface area is 214 Å². The molecule has 0 aliphatic carbocycles. The van der Waals surface area contributed by atoms with Crippen molar-refractivity contribution >= 4 is 49.8 Å². The van der Waals surface area contributed by atoms with Gasteiger partial charge in [0.05, 0.1) is 17.7 Å². The van der Waals surface area contributed by atoms with Crippen LogP contribution in [0.25, 0.3) is 33.4 Å². The molecule has 2 saturated heterocycles. The number of aromatic nitrogens is 4. The predicted octanol–water partition coefficient (Wildman–Crippen LogP) is 4.17. The van der Waals surface area contributed by atoms with E-state index >= 15 is 0 Å². The Hall–Kier alpha value is -2.79. The minimum atomic E-state index is -0.901. The number of fused-ring (bicyclic) bond motifs is 1. The van der Waals surface area contributed by atoms with Crippen LogP contribution in [0.4, 0.5) is 11.6 Å². The molecule has 0 amide bonds. The first-order valence-electron chi connectivity index (χ1n) is 11.4.